The van der Waals surface area contributed by atoms with Gasteiger partial charge in [0.25, 0.3) is 0 Å². The molecule has 2 bridgehead atoms. The van der Waals surface area contributed by atoms with E-state index in [9.17, 15) is 9.59 Å². The third kappa shape index (κ3) is 2.78. The molecule has 2 fully saturated rings. The summed E-state index contributed by atoms with van der Waals surface area (Å²) in [5.74, 6) is -1.30. The summed E-state index contributed by atoms with van der Waals surface area (Å²) in [5.41, 5.74) is 0.486. The highest BCUT2D eigenvalue weighted by atomic mass is 16.6. The molecule has 2 saturated heterocycles. The van der Waals surface area contributed by atoms with E-state index in [1.54, 1.807) is 24.3 Å². The van der Waals surface area contributed by atoms with Crippen molar-refractivity contribution in [3.8, 4) is 0 Å². The van der Waals surface area contributed by atoms with Gasteiger partial charge in [0.2, 0.25) is 0 Å². The van der Waals surface area contributed by atoms with Gasteiger partial charge in [-0.2, -0.15) is 0 Å². The van der Waals surface area contributed by atoms with Gasteiger partial charge in [0.15, 0.2) is 0 Å². The highest BCUT2D eigenvalue weighted by Gasteiger charge is 2.49. The van der Waals surface area contributed by atoms with Crippen molar-refractivity contribution in [1.82, 2.24) is 0 Å². The van der Waals surface area contributed by atoms with Gasteiger partial charge in [0, 0.05) is 6.42 Å². The first-order valence-electron chi connectivity index (χ1n) is 7.18. The van der Waals surface area contributed by atoms with Crippen molar-refractivity contribution in [2.45, 2.75) is 37.6 Å². The van der Waals surface area contributed by atoms with Crippen molar-refractivity contribution in [3.63, 3.8) is 0 Å². The standard InChI is InChI=1S/C16H18O5/c1-19-16(18)14-12-8-7-11(20-12)9-13(14)21-15(17)10-5-3-2-4-6-10/h2-6,11-14H,7-9H2,1H3/t11?,12?,13-,14?/m0/s1. The first kappa shape index (κ1) is 14.1. The van der Waals surface area contributed by atoms with Crippen molar-refractivity contribution in [3.05, 3.63) is 35.9 Å². The van der Waals surface area contributed by atoms with Gasteiger partial charge in [-0.1, -0.05) is 18.2 Å². The number of fused-ring (bicyclic) bond motifs is 2. The van der Waals surface area contributed by atoms with E-state index in [1.807, 2.05) is 6.07 Å². The Morgan fingerprint density at radius 2 is 1.95 bits per heavy atom. The number of hydrogen-bond donors (Lipinski definition) is 0. The van der Waals surface area contributed by atoms with Crippen LogP contribution in [0.25, 0.3) is 0 Å². The van der Waals surface area contributed by atoms with Crippen molar-refractivity contribution >= 4 is 11.9 Å². The molecule has 5 nitrogen and oxygen atoms in total. The van der Waals surface area contributed by atoms with Gasteiger partial charge < -0.3 is 14.2 Å². The van der Waals surface area contributed by atoms with Crippen LogP contribution in [0.4, 0.5) is 0 Å². The van der Waals surface area contributed by atoms with Crippen LogP contribution in [0, 0.1) is 5.92 Å². The van der Waals surface area contributed by atoms with E-state index in [-0.39, 0.29) is 18.2 Å². The predicted molar refractivity (Wildman–Crippen MR) is 73.7 cm³/mol. The minimum Gasteiger partial charge on any atom is -0.469 e. The number of rotatable bonds is 3. The number of ether oxygens (including phenoxy) is 3. The van der Waals surface area contributed by atoms with Crippen LogP contribution in [0.3, 0.4) is 0 Å². The molecule has 0 radical (unpaired) electrons. The van der Waals surface area contributed by atoms with Gasteiger partial charge in [0.1, 0.15) is 12.0 Å². The third-order valence-corrected chi connectivity index (χ3v) is 4.18. The summed E-state index contributed by atoms with van der Waals surface area (Å²) < 4.78 is 16.2. The molecule has 0 N–H and O–H groups in total. The van der Waals surface area contributed by atoms with Gasteiger partial charge in [-0.3, -0.25) is 4.79 Å². The Kier molecular flexibility index (Phi) is 3.92. The summed E-state index contributed by atoms with van der Waals surface area (Å²) in [7, 11) is 1.35. The number of methoxy groups -OCH3 is 1. The molecule has 5 heteroatoms. The zero-order valence-corrected chi connectivity index (χ0v) is 11.9. The van der Waals surface area contributed by atoms with Crippen LogP contribution in [0.15, 0.2) is 30.3 Å². The molecule has 4 atom stereocenters. The molecule has 2 heterocycles. The van der Waals surface area contributed by atoms with E-state index < -0.39 is 18.0 Å². The molecule has 3 unspecified atom stereocenters. The monoisotopic (exact) mass is 290 g/mol. The van der Waals surface area contributed by atoms with Crippen LogP contribution < -0.4 is 0 Å². The lowest BCUT2D eigenvalue weighted by Crippen LogP contribution is -2.46. The summed E-state index contributed by atoms with van der Waals surface area (Å²) in [4.78, 5) is 24.2. The van der Waals surface area contributed by atoms with Crippen molar-refractivity contribution < 1.29 is 23.8 Å². The molecule has 0 amide bonds. The highest BCUT2D eigenvalue weighted by molar-refractivity contribution is 5.89. The molecule has 112 valence electrons. The van der Waals surface area contributed by atoms with Crippen molar-refractivity contribution in [2.75, 3.05) is 7.11 Å². The highest BCUT2D eigenvalue weighted by Crippen LogP contribution is 2.38. The predicted octanol–water partition coefficient (Wildman–Crippen LogP) is 1.95. The summed E-state index contributed by atoms with van der Waals surface area (Å²) in [6, 6.07) is 8.79. The van der Waals surface area contributed by atoms with E-state index in [1.165, 1.54) is 7.11 Å². The fourth-order valence-electron chi connectivity index (χ4n) is 3.16. The van der Waals surface area contributed by atoms with Crippen molar-refractivity contribution in [2.24, 2.45) is 5.92 Å². The number of hydrogen-bond acceptors (Lipinski definition) is 5. The van der Waals surface area contributed by atoms with E-state index >= 15 is 0 Å². The molecule has 2 aliphatic heterocycles. The Labute approximate surface area is 123 Å². The lowest BCUT2D eigenvalue weighted by Gasteiger charge is -2.34. The maximum Gasteiger partial charge on any atom is 0.338 e. The molecule has 0 aliphatic carbocycles. The molecule has 1 aromatic carbocycles. The average molecular weight is 290 g/mol. The summed E-state index contributed by atoms with van der Waals surface area (Å²) in [5, 5.41) is 0. The third-order valence-electron chi connectivity index (χ3n) is 4.18. The van der Waals surface area contributed by atoms with E-state index in [2.05, 4.69) is 0 Å². The van der Waals surface area contributed by atoms with Gasteiger partial charge in [0.05, 0.1) is 24.9 Å². The topological polar surface area (TPSA) is 61.8 Å². The zero-order valence-electron chi connectivity index (χ0n) is 11.9. The van der Waals surface area contributed by atoms with E-state index in [0.717, 1.165) is 12.8 Å². The Hall–Kier alpha value is -1.88. The summed E-state index contributed by atoms with van der Waals surface area (Å²) in [6.45, 7) is 0. The summed E-state index contributed by atoms with van der Waals surface area (Å²) >= 11 is 0. The normalized spacial score (nSPS) is 30.7. The zero-order chi connectivity index (χ0) is 14.8. The second kappa shape index (κ2) is 5.85. The first-order valence-corrected chi connectivity index (χ1v) is 7.18. The number of esters is 2. The Morgan fingerprint density at radius 3 is 2.67 bits per heavy atom. The van der Waals surface area contributed by atoms with Crippen LogP contribution >= 0.6 is 0 Å². The molecular formula is C16H18O5. The van der Waals surface area contributed by atoms with Crippen LogP contribution in [-0.2, 0) is 19.0 Å². The fourth-order valence-corrected chi connectivity index (χ4v) is 3.16. The molecular weight excluding hydrogens is 272 g/mol. The Morgan fingerprint density at radius 1 is 1.19 bits per heavy atom. The van der Waals surface area contributed by atoms with Crippen LogP contribution in [-0.4, -0.2) is 37.4 Å². The second-order valence-electron chi connectivity index (χ2n) is 5.47. The van der Waals surface area contributed by atoms with Crippen LogP contribution in [0.2, 0.25) is 0 Å². The quantitative estimate of drug-likeness (QED) is 0.796. The fraction of sp³-hybridized carbons (Fsp3) is 0.500. The Bertz CT molecular complexity index is 527. The smallest absolute Gasteiger partial charge is 0.338 e. The number of carbonyl (C=O) groups excluding carboxylic acids is 2. The average Bonchev–Trinajstić information content (AvgIpc) is 2.89. The molecule has 21 heavy (non-hydrogen) atoms. The first-order chi connectivity index (χ1) is 10.2. The largest absolute Gasteiger partial charge is 0.469 e. The number of carbonyl (C=O) groups is 2. The molecule has 3 rings (SSSR count). The van der Waals surface area contributed by atoms with Gasteiger partial charge >= 0.3 is 11.9 Å². The lowest BCUT2D eigenvalue weighted by molar-refractivity contribution is -0.166. The minimum absolute atomic E-state index is 0.0736. The Balaban J connectivity index is 1.76. The van der Waals surface area contributed by atoms with E-state index in [0.29, 0.717) is 12.0 Å². The number of benzene rings is 1. The minimum atomic E-state index is -0.526. The SMILES string of the molecule is COC(=O)C1C2CCC(C[C@@H]1OC(=O)c1ccccc1)O2. The molecule has 0 spiro atoms. The molecule has 0 saturated carbocycles. The second-order valence-corrected chi connectivity index (χ2v) is 5.47. The van der Waals surface area contributed by atoms with Gasteiger partial charge in [-0.25, -0.2) is 4.79 Å². The molecule has 1 aromatic rings. The summed E-state index contributed by atoms with van der Waals surface area (Å²) in [6.07, 6.45) is 1.65. The van der Waals surface area contributed by atoms with Crippen LogP contribution in [0.5, 0.6) is 0 Å². The van der Waals surface area contributed by atoms with E-state index in [4.69, 9.17) is 14.2 Å². The maximum atomic E-state index is 12.2. The molecule has 0 aromatic heterocycles. The lowest BCUT2D eigenvalue weighted by atomic mass is 9.92. The maximum absolute atomic E-state index is 12.2. The molecule has 2 aliphatic rings. The van der Waals surface area contributed by atoms with Crippen LogP contribution in [0.1, 0.15) is 29.6 Å². The van der Waals surface area contributed by atoms with Gasteiger partial charge in [-0.15, -0.1) is 0 Å². The van der Waals surface area contributed by atoms with Crippen molar-refractivity contribution in [1.29, 1.82) is 0 Å². The van der Waals surface area contributed by atoms with Gasteiger partial charge in [-0.05, 0) is 25.0 Å².